The van der Waals surface area contributed by atoms with Crippen molar-refractivity contribution in [3.05, 3.63) is 71.8 Å². The van der Waals surface area contributed by atoms with Crippen molar-refractivity contribution < 1.29 is 29.1 Å². The second-order valence-corrected chi connectivity index (χ2v) is 9.64. The summed E-state index contributed by atoms with van der Waals surface area (Å²) < 4.78 is 0. The van der Waals surface area contributed by atoms with E-state index >= 15 is 0 Å². The molecular weight excluding hydrogens is 502 g/mol. The van der Waals surface area contributed by atoms with E-state index in [1.807, 2.05) is 36.4 Å². The van der Waals surface area contributed by atoms with Crippen molar-refractivity contribution in [1.29, 1.82) is 0 Å². The summed E-state index contributed by atoms with van der Waals surface area (Å²) in [6.07, 6.45) is 0.959. The third-order valence-corrected chi connectivity index (χ3v) is 6.66. The van der Waals surface area contributed by atoms with Gasteiger partial charge >= 0.3 is 5.97 Å². The lowest BCUT2D eigenvalue weighted by Gasteiger charge is -2.30. The van der Waals surface area contributed by atoms with Gasteiger partial charge in [-0.15, -0.1) is 0 Å². The summed E-state index contributed by atoms with van der Waals surface area (Å²) in [6.45, 7) is 0.242. The zero-order valence-corrected chi connectivity index (χ0v) is 21.6. The van der Waals surface area contributed by atoms with Gasteiger partial charge in [-0.05, 0) is 36.8 Å². The van der Waals surface area contributed by atoms with E-state index in [1.54, 1.807) is 24.3 Å². The zero-order valence-electron chi connectivity index (χ0n) is 21.6. The average molecular weight is 538 g/mol. The number of likely N-dealkylation sites (tertiary alicyclic amines) is 1. The summed E-state index contributed by atoms with van der Waals surface area (Å²) in [6, 6.07) is 13.9. The van der Waals surface area contributed by atoms with E-state index in [-0.39, 0.29) is 32.2 Å². The van der Waals surface area contributed by atoms with Crippen LogP contribution in [-0.2, 0) is 36.8 Å². The molecule has 0 spiro atoms. The Kier molecular flexibility index (Phi) is 10.6. The average Bonchev–Trinajstić information content (AvgIpc) is 3.41. The lowest BCUT2D eigenvalue weighted by molar-refractivity contribution is -0.145. The number of hydrogen-bond acceptors (Lipinski definition) is 6. The Morgan fingerprint density at radius 1 is 0.897 bits per heavy atom. The fourth-order valence-corrected chi connectivity index (χ4v) is 4.60. The highest BCUT2D eigenvalue weighted by atomic mass is 16.4. The van der Waals surface area contributed by atoms with Crippen LogP contribution in [0, 0.1) is 0 Å². The van der Waals surface area contributed by atoms with Crippen molar-refractivity contribution in [1.82, 2.24) is 15.5 Å². The first-order valence-electron chi connectivity index (χ1n) is 12.9. The predicted octanol–water partition coefficient (Wildman–Crippen LogP) is 0.110. The second kappa shape index (κ2) is 14.1. The fraction of sp³-hybridized carbons (Fsp3) is 0.393. The molecule has 4 amide bonds. The van der Waals surface area contributed by atoms with Crippen LogP contribution in [0.5, 0.6) is 0 Å². The van der Waals surface area contributed by atoms with Gasteiger partial charge in [0.25, 0.3) is 0 Å². The topological polar surface area (TPSA) is 185 Å². The SMILES string of the molecule is NC(=O)CCC(NC(=O)C(N)Cc1ccccc1)C(=O)N1CCCC1C(=O)NC(Cc1ccccc1)C(=O)O. The number of hydrogen-bond donors (Lipinski definition) is 5. The van der Waals surface area contributed by atoms with Crippen LogP contribution in [0.15, 0.2) is 60.7 Å². The number of primary amides is 1. The molecule has 11 heteroatoms. The molecule has 0 aromatic heterocycles. The first kappa shape index (κ1) is 29.3. The molecule has 39 heavy (non-hydrogen) atoms. The maximum atomic E-state index is 13.5. The molecule has 1 saturated heterocycles. The van der Waals surface area contributed by atoms with Gasteiger partial charge in [-0.3, -0.25) is 19.2 Å². The third-order valence-electron chi connectivity index (χ3n) is 6.66. The van der Waals surface area contributed by atoms with E-state index in [1.165, 1.54) is 4.90 Å². The van der Waals surface area contributed by atoms with Crippen molar-refractivity contribution in [2.75, 3.05) is 6.54 Å². The number of rotatable bonds is 13. The van der Waals surface area contributed by atoms with Crippen LogP contribution in [0.1, 0.15) is 36.8 Å². The predicted molar refractivity (Wildman–Crippen MR) is 143 cm³/mol. The van der Waals surface area contributed by atoms with Crippen LogP contribution in [0.25, 0.3) is 0 Å². The number of nitrogens with zero attached hydrogens (tertiary/aromatic N) is 1. The summed E-state index contributed by atoms with van der Waals surface area (Å²) in [7, 11) is 0. The maximum absolute atomic E-state index is 13.5. The minimum Gasteiger partial charge on any atom is -0.480 e. The van der Waals surface area contributed by atoms with Crippen LogP contribution in [0.4, 0.5) is 0 Å². The quantitative estimate of drug-likeness (QED) is 0.240. The van der Waals surface area contributed by atoms with E-state index < -0.39 is 53.8 Å². The summed E-state index contributed by atoms with van der Waals surface area (Å²) in [4.78, 5) is 64.1. The highest BCUT2D eigenvalue weighted by Crippen LogP contribution is 2.20. The van der Waals surface area contributed by atoms with Gasteiger partial charge in [0.1, 0.15) is 18.1 Å². The van der Waals surface area contributed by atoms with E-state index in [0.29, 0.717) is 12.8 Å². The molecular formula is C28H35N5O6. The number of aliphatic carboxylic acids is 1. The van der Waals surface area contributed by atoms with Gasteiger partial charge in [0, 0.05) is 19.4 Å². The van der Waals surface area contributed by atoms with E-state index in [2.05, 4.69) is 10.6 Å². The molecule has 1 aliphatic heterocycles. The molecule has 1 aliphatic rings. The first-order valence-corrected chi connectivity index (χ1v) is 12.9. The van der Waals surface area contributed by atoms with Crippen molar-refractivity contribution in [2.24, 2.45) is 11.5 Å². The molecule has 0 aliphatic carbocycles. The largest absolute Gasteiger partial charge is 0.480 e. The first-order chi connectivity index (χ1) is 18.7. The Bertz CT molecular complexity index is 1160. The summed E-state index contributed by atoms with van der Waals surface area (Å²) in [5.41, 5.74) is 13.0. The van der Waals surface area contributed by atoms with Crippen molar-refractivity contribution in [3.8, 4) is 0 Å². The molecule has 7 N–H and O–H groups in total. The van der Waals surface area contributed by atoms with Gasteiger partial charge in [-0.1, -0.05) is 60.7 Å². The normalized spacial score (nSPS) is 17.1. The minimum absolute atomic E-state index is 0.0610. The van der Waals surface area contributed by atoms with Crippen LogP contribution in [0.2, 0.25) is 0 Å². The van der Waals surface area contributed by atoms with Gasteiger partial charge in [0.2, 0.25) is 23.6 Å². The van der Waals surface area contributed by atoms with Gasteiger partial charge in [0.15, 0.2) is 0 Å². The number of nitrogens with two attached hydrogens (primary N) is 2. The summed E-state index contributed by atoms with van der Waals surface area (Å²) >= 11 is 0. The van der Waals surface area contributed by atoms with Crippen molar-refractivity contribution >= 4 is 29.6 Å². The van der Waals surface area contributed by atoms with Gasteiger partial charge in [0.05, 0.1) is 6.04 Å². The zero-order chi connectivity index (χ0) is 28.4. The molecule has 1 heterocycles. The monoisotopic (exact) mass is 537 g/mol. The number of carboxylic acids is 1. The molecule has 2 aromatic rings. The van der Waals surface area contributed by atoms with Gasteiger partial charge in [-0.2, -0.15) is 0 Å². The van der Waals surface area contributed by atoms with Crippen LogP contribution >= 0.6 is 0 Å². The highest BCUT2D eigenvalue weighted by molar-refractivity contribution is 5.94. The number of nitrogens with one attached hydrogen (secondary N) is 2. The molecule has 0 radical (unpaired) electrons. The maximum Gasteiger partial charge on any atom is 0.326 e. The fourth-order valence-electron chi connectivity index (χ4n) is 4.60. The summed E-state index contributed by atoms with van der Waals surface area (Å²) in [5.74, 6) is -3.55. The molecule has 4 atom stereocenters. The smallest absolute Gasteiger partial charge is 0.326 e. The Balaban J connectivity index is 1.69. The Hall–Kier alpha value is -4.25. The Morgan fingerprint density at radius 2 is 1.49 bits per heavy atom. The van der Waals surface area contributed by atoms with Gasteiger partial charge in [-0.25, -0.2) is 4.79 Å². The Morgan fingerprint density at radius 3 is 2.05 bits per heavy atom. The Labute approximate surface area is 226 Å². The van der Waals surface area contributed by atoms with E-state index in [0.717, 1.165) is 11.1 Å². The summed E-state index contributed by atoms with van der Waals surface area (Å²) in [5, 5.41) is 14.9. The molecule has 4 unspecified atom stereocenters. The second-order valence-electron chi connectivity index (χ2n) is 9.64. The third kappa shape index (κ3) is 8.64. The van der Waals surface area contributed by atoms with Crippen LogP contribution in [-0.4, -0.2) is 70.3 Å². The molecule has 1 fully saturated rings. The molecule has 11 nitrogen and oxygen atoms in total. The number of carboxylic acid groups (broad SMARTS) is 1. The molecule has 0 bridgehead atoms. The lowest BCUT2D eigenvalue weighted by Crippen LogP contribution is -2.57. The molecule has 0 saturated carbocycles. The van der Waals surface area contributed by atoms with Crippen LogP contribution < -0.4 is 22.1 Å². The molecule has 2 aromatic carbocycles. The van der Waals surface area contributed by atoms with Gasteiger partial charge < -0.3 is 32.1 Å². The minimum atomic E-state index is -1.19. The van der Waals surface area contributed by atoms with Crippen molar-refractivity contribution in [2.45, 2.75) is 62.7 Å². The van der Waals surface area contributed by atoms with E-state index in [9.17, 15) is 29.1 Å². The van der Waals surface area contributed by atoms with Crippen molar-refractivity contribution in [3.63, 3.8) is 0 Å². The number of benzene rings is 2. The standard InChI is InChI=1S/C28H35N5O6/c29-20(16-18-8-3-1-4-9-18)25(35)31-21(13-14-24(30)34)27(37)33-15-7-12-23(33)26(36)32-22(28(38)39)17-19-10-5-2-6-11-19/h1-6,8-11,20-23H,7,12-17,29H2,(H2,30,34)(H,31,35)(H,32,36)(H,38,39). The molecule has 3 rings (SSSR count). The number of carbonyl (C=O) groups is 5. The molecule has 208 valence electrons. The van der Waals surface area contributed by atoms with E-state index in [4.69, 9.17) is 11.5 Å². The lowest BCUT2D eigenvalue weighted by atomic mass is 10.0. The van der Waals surface area contributed by atoms with Crippen LogP contribution in [0.3, 0.4) is 0 Å². The number of carbonyl (C=O) groups excluding carboxylic acids is 4. The highest BCUT2D eigenvalue weighted by Gasteiger charge is 2.39. The number of amides is 4.